The minimum absolute atomic E-state index is 0.0989. The van der Waals surface area contributed by atoms with Crippen LogP contribution in [-0.2, 0) is 6.18 Å². The molecule has 0 N–H and O–H groups in total. The van der Waals surface area contributed by atoms with Crippen molar-refractivity contribution in [2.75, 3.05) is 0 Å². The standard InChI is InChI=1S/C7H3BrClF3O/c8-6-3-4(13-9)1-2-5(6)7(10,11)12/h1-3H. The van der Waals surface area contributed by atoms with Crippen molar-refractivity contribution in [3.05, 3.63) is 28.2 Å². The van der Waals surface area contributed by atoms with Crippen LogP contribution in [0.15, 0.2) is 22.7 Å². The van der Waals surface area contributed by atoms with Gasteiger partial charge >= 0.3 is 6.18 Å². The Bertz CT molecular complexity index is 313. The van der Waals surface area contributed by atoms with Gasteiger partial charge in [0.2, 0.25) is 0 Å². The highest BCUT2D eigenvalue weighted by molar-refractivity contribution is 9.10. The molecule has 0 spiro atoms. The van der Waals surface area contributed by atoms with Gasteiger partial charge in [-0.25, -0.2) is 0 Å². The predicted octanol–water partition coefficient (Wildman–Crippen LogP) is 4.00. The first kappa shape index (κ1) is 10.7. The molecule has 0 amide bonds. The average molecular weight is 275 g/mol. The molecule has 0 fully saturated rings. The summed E-state index contributed by atoms with van der Waals surface area (Å²) in [6.07, 6.45) is -4.37. The number of rotatable bonds is 1. The molecule has 1 aromatic rings. The van der Waals surface area contributed by atoms with Crippen molar-refractivity contribution in [2.24, 2.45) is 0 Å². The molecule has 0 radical (unpaired) electrons. The number of alkyl halides is 3. The quantitative estimate of drug-likeness (QED) is 0.753. The third-order valence-corrected chi connectivity index (χ3v) is 2.17. The topological polar surface area (TPSA) is 9.23 Å². The molecule has 0 aliphatic heterocycles. The predicted molar refractivity (Wildman–Crippen MR) is 45.6 cm³/mol. The van der Waals surface area contributed by atoms with E-state index in [0.29, 0.717) is 0 Å². The minimum atomic E-state index is -4.37. The van der Waals surface area contributed by atoms with Crippen molar-refractivity contribution in [3.63, 3.8) is 0 Å². The summed E-state index contributed by atoms with van der Waals surface area (Å²) < 4.78 is 40.7. The zero-order valence-electron chi connectivity index (χ0n) is 6.03. The summed E-state index contributed by atoms with van der Waals surface area (Å²) in [6, 6.07) is 3.18. The van der Waals surface area contributed by atoms with Crippen molar-refractivity contribution >= 4 is 27.8 Å². The maximum atomic E-state index is 12.2. The van der Waals surface area contributed by atoms with Gasteiger partial charge in [-0.05, 0) is 18.2 Å². The summed E-state index contributed by atoms with van der Waals surface area (Å²) in [4.78, 5) is 0. The third-order valence-electron chi connectivity index (χ3n) is 1.34. The van der Waals surface area contributed by atoms with E-state index in [1.165, 1.54) is 0 Å². The van der Waals surface area contributed by atoms with Crippen LogP contribution in [0.1, 0.15) is 5.56 Å². The van der Waals surface area contributed by atoms with Crippen LogP contribution in [0.3, 0.4) is 0 Å². The first-order chi connectivity index (χ1) is 5.95. The summed E-state index contributed by atoms with van der Waals surface area (Å²) >= 11 is 7.73. The van der Waals surface area contributed by atoms with Gasteiger partial charge in [-0.15, -0.1) is 0 Å². The van der Waals surface area contributed by atoms with Gasteiger partial charge in [0.05, 0.1) is 5.56 Å². The molecule has 1 nitrogen and oxygen atoms in total. The van der Waals surface area contributed by atoms with E-state index in [9.17, 15) is 13.2 Å². The van der Waals surface area contributed by atoms with Gasteiger partial charge in [0.25, 0.3) is 0 Å². The number of benzene rings is 1. The number of hydrogen-bond acceptors (Lipinski definition) is 1. The van der Waals surface area contributed by atoms with Gasteiger partial charge in [-0.2, -0.15) is 13.2 Å². The Kier molecular flexibility index (Phi) is 3.08. The van der Waals surface area contributed by atoms with Crippen LogP contribution in [-0.4, -0.2) is 0 Å². The monoisotopic (exact) mass is 274 g/mol. The Morgan fingerprint density at radius 1 is 1.31 bits per heavy atom. The normalized spacial score (nSPS) is 11.5. The van der Waals surface area contributed by atoms with Gasteiger partial charge in [0.1, 0.15) is 17.6 Å². The van der Waals surface area contributed by atoms with Crippen LogP contribution in [0.2, 0.25) is 0 Å². The zero-order chi connectivity index (χ0) is 10.1. The van der Waals surface area contributed by atoms with Crippen molar-refractivity contribution < 1.29 is 17.5 Å². The average Bonchev–Trinajstić information content (AvgIpc) is 2.01. The molecule has 0 bridgehead atoms. The molecule has 13 heavy (non-hydrogen) atoms. The molecule has 72 valence electrons. The van der Waals surface area contributed by atoms with Crippen molar-refractivity contribution in [3.8, 4) is 5.75 Å². The van der Waals surface area contributed by atoms with Gasteiger partial charge in [0.15, 0.2) is 0 Å². The van der Waals surface area contributed by atoms with Gasteiger partial charge < -0.3 is 4.29 Å². The fourth-order valence-corrected chi connectivity index (χ4v) is 1.45. The smallest absolute Gasteiger partial charge is 0.386 e. The molecule has 0 aliphatic carbocycles. The molecule has 0 heterocycles. The second-order valence-corrected chi connectivity index (χ2v) is 3.23. The van der Waals surface area contributed by atoms with E-state index in [4.69, 9.17) is 11.9 Å². The summed E-state index contributed by atoms with van der Waals surface area (Å²) in [6.45, 7) is 0. The molecule has 6 heteroatoms. The fraction of sp³-hybridized carbons (Fsp3) is 0.143. The summed E-state index contributed by atoms with van der Waals surface area (Å²) in [5, 5.41) is 0. The van der Waals surface area contributed by atoms with Crippen LogP contribution >= 0.6 is 27.8 Å². The van der Waals surface area contributed by atoms with Crippen LogP contribution in [0, 0.1) is 0 Å². The van der Waals surface area contributed by atoms with E-state index in [2.05, 4.69) is 20.2 Å². The van der Waals surface area contributed by atoms with Gasteiger partial charge in [-0.1, -0.05) is 15.9 Å². The first-order valence-electron chi connectivity index (χ1n) is 3.10. The lowest BCUT2D eigenvalue weighted by Gasteiger charge is -2.08. The van der Waals surface area contributed by atoms with Crippen LogP contribution in [0.4, 0.5) is 13.2 Å². The number of hydrogen-bond donors (Lipinski definition) is 0. The van der Waals surface area contributed by atoms with E-state index >= 15 is 0 Å². The lowest BCUT2D eigenvalue weighted by Crippen LogP contribution is -2.05. The SMILES string of the molecule is FC(F)(F)c1ccc(OCl)cc1Br. The molecule has 0 saturated heterocycles. The Morgan fingerprint density at radius 2 is 1.92 bits per heavy atom. The molecule has 0 saturated carbocycles. The largest absolute Gasteiger partial charge is 0.417 e. The van der Waals surface area contributed by atoms with E-state index in [-0.39, 0.29) is 10.2 Å². The molecular formula is C7H3BrClF3O. The Labute approximate surface area is 85.7 Å². The van der Waals surface area contributed by atoms with Crippen molar-refractivity contribution in [2.45, 2.75) is 6.18 Å². The highest BCUT2D eigenvalue weighted by Crippen LogP contribution is 2.36. The fourth-order valence-electron chi connectivity index (χ4n) is 0.774. The van der Waals surface area contributed by atoms with Gasteiger partial charge in [0, 0.05) is 4.47 Å². The highest BCUT2D eigenvalue weighted by Gasteiger charge is 2.32. The molecule has 0 atom stereocenters. The molecule has 0 aliphatic rings. The molecular weight excluding hydrogens is 272 g/mol. The summed E-state index contributed by atoms with van der Waals surface area (Å²) in [5.74, 6) is 0.154. The molecule has 1 aromatic carbocycles. The van der Waals surface area contributed by atoms with E-state index < -0.39 is 11.7 Å². The van der Waals surface area contributed by atoms with E-state index in [1.54, 1.807) is 0 Å². The molecule has 1 rings (SSSR count). The lowest BCUT2D eigenvalue weighted by molar-refractivity contribution is -0.138. The zero-order valence-corrected chi connectivity index (χ0v) is 8.37. The van der Waals surface area contributed by atoms with E-state index in [0.717, 1.165) is 18.2 Å². The Balaban J connectivity index is 3.13. The maximum absolute atomic E-state index is 12.2. The third kappa shape index (κ3) is 2.51. The second-order valence-electron chi connectivity index (χ2n) is 2.22. The highest BCUT2D eigenvalue weighted by atomic mass is 79.9. The molecule has 0 aromatic heterocycles. The lowest BCUT2D eigenvalue weighted by atomic mass is 10.2. The summed E-state index contributed by atoms with van der Waals surface area (Å²) in [5.41, 5.74) is -0.759. The van der Waals surface area contributed by atoms with Crippen LogP contribution in [0.5, 0.6) is 5.75 Å². The van der Waals surface area contributed by atoms with E-state index in [1.807, 2.05) is 0 Å². The van der Waals surface area contributed by atoms with Crippen molar-refractivity contribution in [1.29, 1.82) is 0 Å². The van der Waals surface area contributed by atoms with Gasteiger partial charge in [-0.3, -0.25) is 0 Å². The maximum Gasteiger partial charge on any atom is 0.417 e. The Morgan fingerprint density at radius 3 is 2.31 bits per heavy atom. The first-order valence-corrected chi connectivity index (χ1v) is 4.20. The minimum Gasteiger partial charge on any atom is -0.386 e. The van der Waals surface area contributed by atoms with Crippen molar-refractivity contribution in [1.82, 2.24) is 0 Å². The molecule has 0 unspecified atom stereocenters. The second kappa shape index (κ2) is 3.75. The van der Waals surface area contributed by atoms with Crippen LogP contribution in [0.25, 0.3) is 0 Å². The number of halogens is 5. The Hall–Kier alpha value is -0.420. The van der Waals surface area contributed by atoms with Crippen LogP contribution < -0.4 is 4.29 Å². The summed E-state index contributed by atoms with van der Waals surface area (Å²) in [7, 11) is 0.